The van der Waals surface area contributed by atoms with E-state index in [9.17, 15) is 14.0 Å². The van der Waals surface area contributed by atoms with Crippen molar-refractivity contribution in [2.24, 2.45) is 0 Å². The molecule has 152 valence electrons. The van der Waals surface area contributed by atoms with Crippen LogP contribution >= 0.6 is 15.9 Å². The van der Waals surface area contributed by atoms with Gasteiger partial charge in [0, 0.05) is 21.5 Å². The molecule has 0 aliphatic carbocycles. The minimum atomic E-state index is -0.489. The number of carbonyl (C=O) groups is 2. The summed E-state index contributed by atoms with van der Waals surface area (Å²) < 4.78 is 16.2. The van der Waals surface area contributed by atoms with E-state index in [-0.39, 0.29) is 18.1 Å². The fourth-order valence-electron chi connectivity index (χ4n) is 3.56. The van der Waals surface area contributed by atoms with E-state index in [0.717, 1.165) is 32.0 Å². The molecule has 1 N–H and O–H groups in total. The summed E-state index contributed by atoms with van der Waals surface area (Å²) >= 11 is 3.44. The molecule has 7 heteroatoms. The van der Waals surface area contributed by atoms with Crippen LogP contribution in [-0.4, -0.2) is 21.4 Å². The molecule has 30 heavy (non-hydrogen) atoms. The summed E-state index contributed by atoms with van der Waals surface area (Å²) in [5.41, 5.74) is 4.73. The number of hydrogen-bond acceptors (Lipinski definition) is 2. The molecule has 1 aromatic heterocycles. The van der Waals surface area contributed by atoms with Gasteiger partial charge < -0.3 is 9.88 Å². The van der Waals surface area contributed by atoms with Gasteiger partial charge >= 0.3 is 6.03 Å². The van der Waals surface area contributed by atoms with Crippen LogP contribution in [0.25, 0.3) is 11.8 Å². The summed E-state index contributed by atoms with van der Waals surface area (Å²) in [4.78, 5) is 26.2. The van der Waals surface area contributed by atoms with Crippen LogP contribution in [0.5, 0.6) is 0 Å². The Bertz CT molecular complexity index is 1160. The number of nitrogens with one attached hydrogen (secondary N) is 1. The molecule has 1 aliphatic heterocycles. The lowest BCUT2D eigenvalue weighted by molar-refractivity contribution is -0.123. The molecule has 4 rings (SSSR count). The van der Waals surface area contributed by atoms with E-state index in [0.29, 0.717) is 5.56 Å². The lowest BCUT2D eigenvalue weighted by atomic mass is 10.2. The highest BCUT2D eigenvalue weighted by Crippen LogP contribution is 2.25. The van der Waals surface area contributed by atoms with Gasteiger partial charge in [-0.3, -0.25) is 9.69 Å². The molecule has 0 bridgehead atoms. The highest BCUT2D eigenvalue weighted by Gasteiger charge is 2.33. The second-order valence-corrected chi connectivity index (χ2v) is 8.06. The molecule has 0 atom stereocenters. The number of aromatic nitrogens is 1. The summed E-state index contributed by atoms with van der Waals surface area (Å²) in [5, 5.41) is 2.65. The Hall–Kier alpha value is -3.19. The lowest BCUT2D eigenvalue weighted by Gasteiger charge is -2.11. The van der Waals surface area contributed by atoms with E-state index in [2.05, 4.69) is 25.8 Å². The number of urea groups is 1. The quantitative estimate of drug-likeness (QED) is 0.429. The number of imide groups is 1. The second kappa shape index (κ2) is 7.91. The molecule has 5 nitrogen and oxygen atoms in total. The first kappa shape index (κ1) is 20.1. The third kappa shape index (κ3) is 3.80. The highest BCUT2D eigenvalue weighted by atomic mass is 79.9. The Labute approximate surface area is 181 Å². The van der Waals surface area contributed by atoms with Gasteiger partial charge in [0.05, 0.1) is 6.54 Å². The minimum Gasteiger partial charge on any atom is -0.318 e. The van der Waals surface area contributed by atoms with Crippen LogP contribution in [0.2, 0.25) is 0 Å². The maximum Gasteiger partial charge on any atom is 0.329 e. The Balaban J connectivity index is 1.61. The monoisotopic (exact) mass is 467 g/mol. The molecular weight excluding hydrogens is 449 g/mol. The first-order valence-corrected chi connectivity index (χ1v) is 10.2. The standard InChI is InChI=1S/C23H19BrFN3O2/c1-14-11-17(15(2)28(14)20-9-5-18(24)6-10-20)12-21-22(29)27(23(30)26-21)13-16-3-7-19(25)8-4-16/h3-12H,13H2,1-2H3,(H,26,30)/b21-12-. The van der Waals surface area contributed by atoms with Crippen molar-refractivity contribution in [3.8, 4) is 5.69 Å². The molecule has 3 aromatic rings. The van der Waals surface area contributed by atoms with E-state index in [1.165, 1.54) is 12.1 Å². The number of nitrogens with zero attached hydrogens (tertiary/aromatic N) is 2. The third-order valence-corrected chi connectivity index (χ3v) is 5.60. The zero-order valence-electron chi connectivity index (χ0n) is 16.4. The Morgan fingerprint density at radius 1 is 1.03 bits per heavy atom. The molecule has 0 spiro atoms. The van der Waals surface area contributed by atoms with Crippen LogP contribution in [0.15, 0.2) is 64.8 Å². The normalized spacial score (nSPS) is 15.2. The van der Waals surface area contributed by atoms with Crippen LogP contribution in [0.1, 0.15) is 22.5 Å². The van der Waals surface area contributed by atoms with Crippen LogP contribution in [0, 0.1) is 19.7 Å². The average Bonchev–Trinajstić information content (AvgIpc) is 3.14. The van der Waals surface area contributed by atoms with E-state index >= 15 is 0 Å². The van der Waals surface area contributed by atoms with Crippen molar-refractivity contribution >= 4 is 33.9 Å². The van der Waals surface area contributed by atoms with Gasteiger partial charge in [0.2, 0.25) is 0 Å². The highest BCUT2D eigenvalue weighted by molar-refractivity contribution is 9.10. The van der Waals surface area contributed by atoms with Crippen molar-refractivity contribution in [2.75, 3.05) is 0 Å². The zero-order valence-corrected chi connectivity index (χ0v) is 18.0. The average molecular weight is 468 g/mol. The van der Waals surface area contributed by atoms with Crippen molar-refractivity contribution in [1.82, 2.24) is 14.8 Å². The predicted octanol–water partition coefficient (Wildman–Crippen LogP) is 5.09. The van der Waals surface area contributed by atoms with Crippen molar-refractivity contribution in [2.45, 2.75) is 20.4 Å². The fourth-order valence-corrected chi connectivity index (χ4v) is 3.83. The Morgan fingerprint density at radius 3 is 2.37 bits per heavy atom. The molecule has 1 saturated heterocycles. The van der Waals surface area contributed by atoms with Gasteiger partial charge in [-0.15, -0.1) is 0 Å². The Morgan fingerprint density at radius 2 is 1.70 bits per heavy atom. The van der Waals surface area contributed by atoms with E-state index in [4.69, 9.17) is 0 Å². The van der Waals surface area contributed by atoms with Gasteiger partial charge in [-0.25, -0.2) is 9.18 Å². The smallest absolute Gasteiger partial charge is 0.318 e. The molecule has 0 saturated carbocycles. The maximum absolute atomic E-state index is 13.1. The van der Waals surface area contributed by atoms with Gasteiger partial charge in [-0.05, 0) is 73.5 Å². The van der Waals surface area contributed by atoms with Gasteiger partial charge in [-0.2, -0.15) is 0 Å². The number of carbonyl (C=O) groups excluding carboxylic acids is 2. The van der Waals surface area contributed by atoms with Gasteiger partial charge in [0.1, 0.15) is 11.5 Å². The molecule has 1 fully saturated rings. The summed E-state index contributed by atoms with van der Waals surface area (Å²) in [5.74, 6) is -0.768. The molecule has 0 radical (unpaired) electrons. The second-order valence-electron chi connectivity index (χ2n) is 7.14. The first-order chi connectivity index (χ1) is 14.3. The molecule has 1 aliphatic rings. The van der Waals surface area contributed by atoms with Crippen molar-refractivity contribution in [3.05, 3.63) is 93.1 Å². The molecule has 0 unspecified atom stereocenters. The predicted molar refractivity (Wildman–Crippen MR) is 116 cm³/mol. The summed E-state index contributed by atoms with van der Waals surface area (Å²) in [6.45, 7) is 4.05. The number of benzene rings is 2. The van der Waals surface area contributed by atoms with Crippen molar-refractivity contribution in [1.29, 1.82) is 0 Å². The summed E-state index contributed by atoms with van der Waals surface area (Å²) in [6.07, 6.45) is 1.70. The van der Waals surface area contributed by atoms with Crippen molar-refractivity contribution < 1.29 is 14.0 Å². The van der Waals surface area contributed by atoms with Crippen LogP contribution in [-0.2, 0) is 11.3 Å². The Kier molecular flexibility index (Phi) is 5.30. The number of rotatable bonds is 4. The molecular formula is C23H19BrFN3O2. The number of aryl methyl sites for hydroxylation is 1. The topological polar surface area (TPSA) is 54.3 Å². The number of amides is 3. The lowest BCUT2D eigenvalue weighted by Crippen LogP contribution is -2.30. The fraction of sp³-hybridized carbons (Fsp3) is 0.130. The van der Waals surface area contributed by atoms with Gasteiger partial charge in [0.15, 0.2) is 0 Å². The largest absolute Gasteiger partial charge is 0.329 e. The minimum absolute atomic E-state index is 0.0835. The van der Waals surface area contributed by atoms with Crippen molar-refractivity contribution in [3.63, 3.8) is 0 Å². The third-order valence-electron chi connectivity index (χ3n) is 5.07. The van der Waals surface area contributed by atoms with Crippen LogP contribution in [0.4, 0.5) is 9.18 Å². The van der Waals surface area contributed by atoms with Crippen LogP contribution < -0.4 is 5.32 Å². The zero-order chi connectivity index (χ0) is 21.4. The number of halogens is 2. The van der Waals surface area contributed by atoms with E-state index in [1.807, 2.05) is 44.2 Å². The van der Waals surface area contributed by atoms with Gasteiger partial charge in [0.25, 0.3) is 5.91 Å². The number of hydrogen-bond donors (Lipinski definition) is 1. The molecule has 2 aromatic carbocycles. The molecule has 2 heterocycles. The summed E-state index contributed by atoms with van der Waals surface area (Å²) in [7, 11) is 0. The van der Waals surface area contributed by atoms with Crippen LogP contribution in [0.3, 0.4) is 0 Å². The summed E-state index contributed by atoms with van der Waals surface area (Å²) in [6, 6.07) is 15.2. The SMILES string of the molecule is Cc1cc(/C=C2\NC(=O)N(Cc3ccc(F)cc3)C2=O)c(C)n1-c1ccc(Br)cc1. The maximum atomic E-state index is 13.1. The van der Waals surface area contributed by atoms with E-state index in [1.54, 1.807) is 18.2 Å². The molecule has 3 amide bonds. The van der Waals surface area contributed by atoms with Gasteiger partial charge in [-0.1, -0.05) is 28.1 Å². The van der Waals surface area contributed by atoms with E-state index < -0.39 is 11.9 Å². The first-order valence-electron chi connectivity index (χ1n) is 9.37.